The largest absolute Gasteiger partial charge is 0.463 e. The van der Waals surface area contributed by atoms with Crippen LogP contribution in [-0.2, 0) is 25.5 Å². The van der Waals surface area contributed by atoms with Crippen LogP contribution in [0.2, 0.25) is 0 Å². The minimum atomic E-state index is -0.933. The summed E-state index contributed by atoms with van der Waals surface area (Å²) in [5.41, 5.74) is 9.28. The number of hydrogen-bond donors (Lipinski definition) is 4. The third-order valence-electron chi connectivity index (χ3n) is 6.05. The summed E-state index contributed by atoms with van der Waals surface area (Å²) in [7, 11) is 0. The Labute approximate surface area is 227 Å². The minimum Gasteiger partial charge on any atom is -0.463 e. The first-order valence-electron chi connectivity index (χ1n) is 12.8. The van der Waals surface area contributed by atoms with Crippen molar-refractivity contribution in [2.75, 3.05) is 6.61 Å². The molecule has 2 aromatic carbocycles. The lowest BCUT2D eigenvalue weighted by molar-refractivity contribution is -0.137. The van der Waals surface area contributed by atoms with Crippen LogP contribution in [-0.4, -0.2) is 47.4 Å². The van der Waals surface area contributed by atoms with Gasteiger partial charge in [-0.25, -0.2) is 4.79 Å². The highest BCUT2D eigenvalue weighted by atomic mass is 16.5. The van der Waals surface area contributed by atoms with Gasteiger partial charge in [0.1, 0.15) is 11.7 Å². The van der Waals surface area contributed by atoms with Crippen LogP contribution in [0.25, 0.3) is 11.3 Å². The van der Waals surface area contributed by atoms with Crippen molar-refractivity contribution in [3.63, 3.8) is 0 Å². The number of primary amides is 1. The lowest BCUT2D eigenvalue weighted by atomic mass is 10.0. The highest BCUT2D eigenvalue weighted by Gasteiger charge is 2.25. The van der Waals surface area contributed by atoms with Gasteiger partial charge >= 0.3 is 5.97 Å². The first-order valence-corrected chi connectivity index (χ1v) is 12.8. The predicted octanol–water partition coefficient (Wildman–Crippen LogP) is 3.20. The molecule has 0 unspecified atom stereocenters. The quantitative estimate of drug-likeness (QED) is 0.198. The van der Waals surface area contributed by atoms with Crippen LogP contribution in [0, 0.1) is 6.92 Å². The first-order chi connectivity index (χ1) is 18.8. The van der Waals surface area contributed by atoms with Crippen LogP contribution in [0.15, 0.2) is 78.9 Å². The summed E-state index contributed by atoms with van der Waals surface area (Å²) in [6, 6.07) is 19.0. The molecule has 0 radical (unpaired) electrons. The zero-order valence-electron chi connectivity index (χ0n) is 22.1. The number of nitrogens with two attached hydrogens (primary N) is 1. The lowest BCUT2D eigenvalue weighted by Gasteiger charge is -2.22. The van der Waals surface area contributed by atoms with Crippen molar-refractivity contribution >= 4 is 23.7 Å². The van der Waals surface area contributed by atoms with E-state index in [1.807, 2.05) is 67.6 Å². The maximum absolute atomic E-state index is 13.4. The van der Waals surface area contributed by atoms with Crippen molar-refractivity contribution in [1.82, 2.24) is 15.6 Å². The summed E-state index contributed by atoms with van der Waals surface area (Å²) in [5.74, 6) is -2.02. The molecule has 0 bridgehead atoms. The van der Waals surface area contributed by atoms with E-state index < -0.39 is 35.8 Å². The third kappa shape index (κ3) is 8.99. The van der Waals surface area contributed by atoms with Gasteiger partial charge in [0.25, 0.3) is 5.91 Å². The summed E-state index contributed by atoms with van der Waals surface area (Å²) in [4.78, 5) is 52.9. The van der Waals surface area contributed by atoms with E-state index in [1.165, 1.54) is 12.2 Å². The molecular formula is C30H34N4O5. The SMILES string of the molecule is CCOC(=O)/C=C/[C@H](CCC(N)=O)NC(=O)[C@H](Cc1ccccc1)NC(=O)c1ccc(-c2ccccc2C)[nH]1. The van der Waals surface area contributed by atoms with Crippen LogP contribution in [0.3, 0.4) is 0 Å². The Morgan fingerprint density at radius 1 is 0.974 bits per heavy atom. The van der Waals surface area contributed by atoms with E-state index in [2.05, 4.69) is 15.6 Å². The summed E-state index contributed by atoms with van der Waals surface area (Å²) in [5, 5.41) is 5.65. The van der Waals surface area contributed by atoms with Crippen molar-refractivity contribution in [1.29, 1.82) is 0 Å². The highest BCUT2D eigenvalue weighted by molar-refractivity contribution is 5.97. The molecule has 9 heteroatoms. The van der Waals surface area contributed by atoms with Gasteiger partial charge in [0.15, 0.2) is 0 Å². The predicted molar refractivity (Wildman–Crippen MR) is 148 cm³/mol. The molecule has 9 nitrogen and oxygen atoms in total. The number of aryl methyl sites for hydroxylation is 1. The van der Waals surface area contributed by atoms with Gasteiger partial charge in [-0.05, 0) is 43.5 Å². The van der Waals surface area contributed by atoms with Crippen molar-refractivity contribution in [2.24, 2.45) is 5.73 Å². The van der Waals surface area contributed by atoms with Crippen molar-refractivity contribution < 1.29 is 23.9 Å². The van der Waals surface area contributed by atoms with E-state index in [4.69, 9.17) is 10.5 Å². The van der Waals surface area contributed by atoms with Gasteiger partial charge in [0.2, 0.25) is 11.8 Å². The fraction of sp³-hybridized carbons (Fsp3) is 0.267. The van der Waals surface area contributed by atoms with Gasteiger partial charge in [-0.15, -0.1) is 0 Å². The molecule has 0 saturated carbocycles. The van der Waals surface area contributed by atoms with Gasteiger partial charge in [-0.3, -0.25) is 14.4 Å². The molecule has 0 aliphatic carbocycles. The van der Waals surface area contributed by atoms with Crippen LogP contribution in [0.4, 0.5) is 0 Å². The molecule has 3 aromatic rings. The van der Waals surface area contributed by atoms with Gasteiger partial charge in [0, 0.05) is 36.2 Å². The number of aromatic amines is 1. The monoisotopic (exact) mass is 530 g/mol. The lowest BCUT2D eigenvalue weighted by Crippen LogP contribution is -2.50. The van der Waals surface area contributed by atoms with E-state index in [9.17, 15) is 19.2 Å². The molecule has 3 amide bonds. The van der Waals surface area contributed by atoms with Crippen LogP contribution < -0.4 is 16.4 Å². The van der Waals surface area contributed by atoms with E-state index >= 15 is 0 Å². The molecule has 1 aromatic heterocycles. The zero-order chi connectivity index (χ0) is 28.2. The van der Waals surface area contributed by atoms with E-state index in [1.54, 1.807) is 13.0 Å². The average Bonchev–Trinajstić information content (AvgIpc) is 3.41. The van der Waals surface area contributed by atoms with E-state index in [0.717, 1.165) is 22.4 Å². The Bertz CT molecular complexity index is 1320. The standard InChI is InChI=1S/C30H34N4O5/c1-3-39-28(36)18-14-22(13-17-27(31)35)32-30(38)26(19-21-10-5-4-6-11-21)34-29(37)25-16-15-24(33-25)23-12-8-7-9-20(23)2/h4-12,14-16,18,22,26,33H,3,13,17,19H2,1-2H3,(H2,31,35)(H,32,38)(H,34,37)/b18-14+/t22-,26-/m0/s1. The number of carbonyl (C=O) groups excluding carboxylic acids is 4. The normalized spacial score (nSPS) is 12.5. The molecule has 3 rings (SSSR count). The topological polar surface area (TPSA) is 143 Å². The number of rotatable bonds is 13. The molecule has 0 aliphatic heterocycles. The van der Waals surface area contributed by atoms with Gasteiger partial charge in [-0.1, -0.05) is 60.7 Å². The third-order valence-corrected chi connectivity index (χ3v) is 6.05. The fourth-order valence-electron chi connectivity index (χ4n) is 4.04. The molecule has 0 aliphatic rings. The van der Waals surface area contributed by atoms with Gasteiger partial charge < -0.3 is 26.1 Å². The number of nitrogens with one attached hydrogen (secondary N) is 3. The van der Waals surface area contributed by atoms with Crippen LogP contribution >= 0.6 is 0 Å². The summed E-state index contributed by atoms with van der Waals surface area (Å²) in [6.45, 7) is 3.88. The minimum absolute atomic E-state index is 0.00201. The zero-order valence-corrected chi connectivity index (χ0v) is 22.1. The molecule has 0 spiro atoms. The van der Waals surface area contributed by atoms with Crippen molar-refractivity contribution in [3.8, 4) is 11.3 Å². The fourth-order valence-corrected chi connectivity index (χ4v) is 4.04. The first kappa shape index (κ1) is 28.9. The second-order valence-electron chi connectivity index (χ2n) is 9.05. The highest BCUT2D eigenvalue weighted by Crippen LogP contribution is 2.22. The molecule has 5 N–H and O–H groups in total. The Balaban J connectivity index is 1.79. The molecule has 2 atom stereocenters. The van der Waals surface area contributed by atoms with Gasteiger partial charge in [-0.2, -0.15) is 0 Å². The summed E-state index contributed by atoms with van der Waals surface area (Å²) >= 11 is 0. The number of benzene rings is 2. The number of carbonyl (C=O) groups is 4. The molecule has 204 valence electrons. The molecule has 39 heavy (non-hydrogen) atoms. The second kappa shape index (κ2) is 14.3. The smallest absolute Gasteiger partial charge is 0.330 e. The number of amides is 3. The van der Waals surface area contributed by atoms with Crippen LogP contribution in [0.5, 0.6) is 0 Å². The number of ether oxygens (including phenoxy) is 1. The molecule has 0 saturated heterocycles. The summed E-state index contributed by atoms with van der Waals surface area (Å²) in [6.07, 6.45) is 3.07. The molecule has 1 heterocycles. The Hall–Kier alpha value is -4.66. The maximum Gasteiger partial charge on any atom is 0.330 e. The number of aromatic nitrogens is 1. The van der Waals surface area contributed by atoms with Crippen molar-refractivity contribution in [3.05, 3.63) is 95.7 Å². The Kier molecular flexibility index (Phi) is 10.6. The average molecular weight is 531 g/mol. The van der Waals surface area contributed by atoms with Crippen molar-refractivity contribution in [2.45, 2.75) is 45.2 Å². The second-order valence-corrected chi connectivity index (χ2v) is 9.05. The number of H-pyrrole nitrogens is 1. The van der Waals surface area contributed by atoms with E-state index in [-0.39, 0.29) is 25.9 Å². The Morgan fingerprint density at radius 2 is 1.69 bits per heavy atom. The van der Waals surface area contributed by atoms with Crippen LogP contribution in [0.1, 0.15) is 41.4 Å². The molecule has 0 fully saturated rings. The Morgan fingerprint density at radius 3 is 2.38 bits per heavy atom. The number of hydrogen-bond acceptors (Lipinski definition) is 5. The number of esters is 1. The van der Waals surface area contributed by atoms with E-state index in [0.29, 0.717) is 5.69 Å². The maximum atomic E-state index is 13.4. The molecular weight excluding hydrogens is 496 g/mol. The van der Waals surface area contributed by atoms with Gasteiger partial charge in [0.05, 0.1) is 6.61 Å². The summed E-state index contributed by atoms with van der Waals surface area (Å²) < 4.78 is 4.90.